The molecule has 1 N–H and O–H groups in total. The zero-order valence-electron chi connectivity index (χ0n) is 5.91. The molecule has 1 rings (SSSR count). The lowest BCUT2D eigenvalue weighted by Crippen LogP contribution is -2.01. The van der Waals surface area contributed by atoms with Gasteiger partial charge >= 0.3 is 5.97 Å². The van der Waals surface area contributed by atoms with Gasteiger partial charge in [0.2, 0.25) is 0 Å². The van der Waals surface area contributed by atoms with Crippen LogP contribution in [-0.2, 0) is 12.4 Å². The second-order valence-electron chi connectivity index (χ2n) is 2.12. The molecule has 0 amide bonds. The number of aromatic nitrogens is 2. The Hall–Kier alpha value is -0.840. The van der Waals surface area contributed by atoms with E-state index in [1.807, 2.05) is 0 Å². The Labute approximate surface area is 72.0 Å². The molecule has 1 heterocycles. The van der Waals surface area contributed by atoms with Gasteiger partial charge in [0.05, 0.1) is 0 Å². The standard InChI is InChI=1S/C6H7BrN2O2/c1-9-3-4(2-7)5(8-9)6(10)11/h3H,2H2,1H3,(H,10,11). The number of carboxylic acids is 1. The molecule has 0 aliphatic heterocycles. The lowest BCUT2D eigenvalue weighted by Gasteiger charge is -1.88. The number of alkyl halides is 1. The molecule has 0 fully saturated rings. The molecule has 0 spiro atoms. The number of halogens is 1. The molecule has 60 valence electrons. The highest BCUT2D eigenvalue weighted by Crippen LogP contribution is 2.09. The van der Waals surface area contributed by atoms with Crippen molar-refractivity contribution in [2.75, 3.05) is 0 Å². The van der Waals surface area contributed by atoms with E-state index >= 15 is 0 Å². The number of hydrogen-bond acceptors (Lipinski definition) is 2. The molecule has 0 saturated heterocycles. The Bertz CT molecular complexity index is 282. The molecular weight excluding hydrogens is 212 g/mol. The molecule has 0 aromatic carbocycles. The molecule has 11 heavy (non-hydrogen) atoms. The molecule has 0 aliphatic carbocycles. The fraction of sp³-hybridized carbons (Fsp3) is 0.333. The van der Waals surface area contributed by atoms with E-state index in [-0.39, 0.29) is 5.69 Å². The highest BCUT2D eigenvalue weighted by Gasteiger charge is 2.12. The monoisotopic (exact) mass is 218 g/mol. The van der Waals surface area contributed by atoms with Crippen molar-refractivity contribution in [3.05, 3.63) is 17.5 Å². The molecule has 0 aliphatic rings. The number of carboxylic acid groups (broad SMARTS) is 1. The van der Waals surface area contributed by atoms with Crippen LogP contribution in [0.1, 0.15) is 16.1 Å². The first kappa shape index (κ1) is 8.26. The highest BCUT2D eigenvalue weighted by molar-refractivity contribution is 9.08. The highest BCUT2D eigenvalue weighted by atomic mass is 79.9. The van der Waals surface area contributed by atoms with Crippen LogP contribution in [0.25, 0.3) is 0 Å². The Morgan fingerprint density at radius 2 is 2.55 bits per heavy atom. The van der Waals surface area contributed by atoms with Gasteiger partial charge in [0, 0.05) is 24.1 Å². The van der Waals surface area contributed by atoms with Crippen LogP contribution >= 0.6 is 15.9 Å². The average molecular weight is 219 g/mol. The van der Waals surface area contributed by atoms with Crippen molar-refractivity contribution in [2.24, 2.45) is 7.05 Å². The second kappa shape index (κ2) is 3.04. The van der Waals surface area contributed by atoms with Gasteiger partial charge in [-0.15, -0.1) is 0 Å². The van der Waals surface area contributed by atoms with E-state index in [0.717, 1.165) is 0 Å². The van der Waals surface area contributed by atoms with E-state index in [0.29, 0.717) is 10.9 Å². The number of aryl methyl sites for hydroxylation is 1. The van der Waals surface area contributed by atoms with Crippen molar-refractivity contribution in [3.8, 4) is 0 Å². The smallest absolute Gasteiger partial charge is 0.356 e. The minimum absolute atomic E-state index is 0.115. The van der Waals surface area contributed by atoms with Crippen LogP contribution in [0.5, 0.6) is 0 Å². The van der Waals surface area contributed by atoms with Crippen LogP contribution in [-0.4, -0.2) is 20.9 Å². The molecule has 0 atom stereocenters. The third-order valence-corrected chi connectivity index (χ3v) is 1.86. The Balaban J connectivity index is 3.12. The van der Waals surface area contributed by atoms with Gasteiger partial charge in [0.15, 0.2) is 5.69 Å². The third kappa shape index (κ3) is 1.59. The van der Waals surface area contributed by atoms with Crippen LogP contribution < -0.4 is 0 Å². The van der Waals surface area contributed by atoms with Crippen molar-refractivity contribution in [1.29, 1.82) is 0 Å². The SMILES string of the molecule is Cn1cc(CBr)c(C(=O)O)n1. The predicted molar refractivity (Wildman–Crippen MR) is 42.8 cm³/mol. The predicted octanol–water partition coefficient (Wildman–Crippen LogP) is 1.01. The molecule has 0 bridgehead atoms. The summed E-state index contributed by atoms with van der Waals surface area (Å²) in [6.07, 6.45) is 1.68. The zero-order valence-corrected chi connectivity index (χ0v) is 7.50. The lowest BCUT2D eigenvalue weighted by atomic mass is 10.3. The summed E-state index contributed by atoms with van der Waals surface area (Å²) in [6.45, 7) is 0. The first-order chi connectivity index (χ1) is 5.15. The maximum atomic E-state index is 10.5. The molecule has 0 unspecified atom stereocenters. The van der Waals surface area contributed by atoms with Crippen molar-refractivity contribution < 1.29 is 9.90 Å². The average Bonchev–Trinajstić information content (AvgIpc) is 2.30. The molecule has 0 saturated carbocycles. The molecule has 1 aromatic heterocycles. The summed E-state index contributed by atoms with van der Waals surface area (Å²) in [5, 5.41) is 12.9. The largest absolute Gasteiger partial charge is 0.476 e. The first-order valence-corrected chi connectivity index (χ1v) is 4.09. The van der Waals surface area contributed by atoms with Crippen LogP contribution in [0.15, 0.2) is 6.20 Å². The summed E-state index contributed by atoms with van der Waals surface area (Å²) in [5.41, 5.74) is 0.810. The fourth-order valence-electron chi connectivity index (χ4n) is 0.815. The van der Waals surface area contributed by atoms with E-state index in [2.05, 4.69) is 21.0 Å². The van der Waals surface area contributed by atoms with E-state index in [1.54, 1.807) is 13.2 Å². The van der Waals surface area contributed by atoms with E-state index < -0.39 is 5.97 Å². The lowest BCUT2D eigenvalue weighted by molar-refractivity contribution is 0.0689. The summed E-state index contributed by atoms with van der Waals surface area (Å²) in [4.78, 5) is 10.5. The summed E-state index contributed by atoms with van der Waals surface area (Å²) < 4.78 is 1.49. The first-order valence-electron chi connectivity index (χ1n) is 2.97. The Morgan fingerprint density at radius 3 is 2.91 bits per heavy atom. The van der Waals surface area contributed by atoms with Gasteiger partial charge in [-0.25, -0.2) is 4.79 Å². The number of rotatable bonds is 2. The van der Waals surface area contributed by atoms with Crippen molar-refractivity contribution in [2.45, 2.75) is 5.33 Å². The normalized spacial score (nSPS) is 10.0. The van der Waals surface area contributed by atoms with E-state index in [4.69, 9.17) is 5.11 Å². The quantitative estimate of drug-likeness (QED) is 0.755. The summed E-state index contributed by atoms with van der Waals surface area (Å²) in [7, 11) is 1.69. The van der Waals surface area contributed by atoms with Gasteiger partial charge in [-0.3, -0.25) is 4.68 Å². The van der Waals surface area contributed by atoms with Gasteiger partial charge in [0.25, 0.3) is 0 Å². The zero-order chi connectivity index (χ0) is 8.43. The van der Waals surface area contributed by atoms with E-state index in [1.165, 1.54) is 4.68 Å². The van der Waals surface area contributed by atoms with Crippen LogP contribution in [0, 0.1) is 0 Å². The van der Waals surface area contributed by atoms with Gasteiger partial charge in [-0.05, 0) is 0 Å². The maximum absolute atomic E-state index is 10.5. The van der Waals surface area contributed by atoms with Gasteiger partial charge in [0.1, 0.15) is 0 Å². The van der Waals surface area contributed by atoms with Crippen LogP contribution in [0.4, 0.5) is 0 Å². The van der Waals surface area contributed by atoms with Gasteiger partial charge in [-0.2, -0.15) is 5.10 Å². The number of nitrogens with zero attached hydrogens (tertiary/aromatic N) is 2. The molecule has 5 heteroatoms. The summed E-state index contributed by atoms with van der Waals surface area (Å²) in [6, 6.07) is 0. The minimum Gasteiger partial charge on any atom is -0.476 e. The van der Waals surface area contributed by atoms with E-state index in [9.17, 15) is 4.79 Å². The summed E-state index contributed by atoms with van der Waals surface area (Å²) in [5.74, 6) is -0.986. The number of aromatic carboxylic acids is 1. The van der Waals surface area contributed by atoms with Crippen molar-refractivity contribution >= 4 is 21.9 Å². The van der Waals surface area contributed by atoms with Crippen LogP contribution in [0.3, 0.4) is 0 Å². The second-order valence-corrected chi connectivity index (χ2v) is 2.68. The summed E-state index contributed by atoms with van der Waals surface area (Å²) >= 11 is 3.17. The van der Waals surface area contributed by atoms with Crippen LogP contribution in [0.2, 0.25) is 0 Å². The Morgan fingerprint density at radius 1 is 1.91 bits per heavy atom. The van der Waals surface area contributed by atoms with Crippen molar-refractivity contribution in [1.82, 2.24) is 9.78 Å². The fourth-order valence-corrected chi connectivity index (χ4v) is 1.23. The van der Waals surface area contributed by atoms with Crippen molar-refractivity contribution in [3.63, 3.8) is 0 Å². The Kier molecular flexibility index (Phi) is 2.28. The molecular formula is C6H7BrN2O2. The molecule has 1 aromatic rings. The molecule has 4 nitrogen and oxygen atoms in total. The minimum atomic E-state index is -0.986. The topological polar surface area (TPSA) is 55.1 Å². The number of carbonyl (C=O) groups is 1. The number of hydrogen-bond donors (Lipinski definition) is 1. The maximum Gasteiger partial charge on any atom is 0.356 e. The van der Waals surface area contributed by atoms with Gasteiger partial charge in [-0.1, -0.05) is 15.9 Å². The van der Waals surface area contributed by atoms with Gasteiger partial charge < -0.3 is 5.11 Å². The molecule has 0 radical (unpaired) electrons. The third-order valence-electron chi connectivity index (χ3n) is 1.25.